The van der Waals surface area contributed by atoms with Crippen LogP contribution in [0.3, 0.4) is 0 Å². The van der Waals surface area contributed by atoms with Gasteiger partial charge in [-0.05, 0) is 47.9 Å². The highest BCUT2D eigenvalue weighted by molar-refractivity contribution is 5.95. The fraction of sp³-hybridized carbons (Fsp3) is 0.0952. The van der Waals surface area contributed by atoms with Gasteiger partial charge < -0.3 is 10.3 Å². The highest BCUT2D eigenvalue weighted by atomic mass is 15.2. The lowest BCUT2D eigenvalue weighted by molar-refractivity contribution is 0.987. The fourth-order valence-electron chi connectivity index (χ4n) is 3.33. The van der Waals surface area contributed by atoms with Crippen LogP contribution in [0.25, 0.3) is 28.0 Å². The van der Waals surface area contributed by atoms with Crippen LogP contribution >= 0.6 is 0 Å². The maximum Gasteiger partial charge on any atom is 0.140 e. The molecule has 29 heavy (non-hydrogen) atoms. The molecule has 5 heterocycles. The Labute approximate surface area is 166 Å². The second kappa shape index (κ2) is 7.16. The van der Waals surface area contributed by atoms with Gasteiger partial charge in [0.05, 0.1) is 0 Å². The molecule has 5 aromatic rings. The van der Waals surface area contributed by atoms with E-state index < -0.39 is 0 Å². The van der Waals surface area contributed by atoms with E-state index in [1.54, 1.807) is 23.4 Å². The van der Waals surface area contributed by atoms with Crippen molar-refractivity contribution in [2.24, 2.45) is 0 Å². The summed E-state index contributed by atoms with van der Waals surface area (Å²) >= 11 is 0. The minimum absolute atomic E-state index is 0.649. The van der Waals surface area contributed by atoms with Gasteiger partial charge in [0, 0.05) is 42.3 Å². The van der Waals surface area contributed by atoms with Crippen molar-refractivity contribution >= 4 is 16.9 Å². The third kappa shape index (κ3) is 3.31. The summed E-state index contributed by atoms with van der Waals surface area (Å²) in [4.78, 5) is 16.7. The molecule has 0 aliphatic carbocycles. The van der Waals surface area contributed by atoms with Gasteiger partial charge in [0.15, 0.2) is 0 Å². The molecule has 0 saturated carbocycles. The first-order chi connectivity index (χ1) is 14.3. The van der Waals surface area contributed by atoms with E-state index in [-0.39, 0.29) is 0 Å². The number of pyridine rings is 3. The fourth-order valence-corrected chi connectivity index (χ4v) is 3.33. The minimum atomic E-state index is 0.649. The number of rotatable bonds is 5. The first kappa shape index (κ1) is 17.1. The summed E-state index contributed by atoms with van der Waals surface area (Å²) in [6.45, 7) is 2.73. The Morgan fingerprint density at radius 1 is 1.07 bits per heavy atom. The Balaban J connectivity index is 1.53. The molecular weight excluding hydrogens is 364 g/mol. The minimum Gasteiger partial charge on any atom is -0.366 e. The molecule has 0 radical (unpaired) electrons. The lowest BCUT2D eigenvalue weighted by atomic mass is 10.0. The predicted octanol–water partition coefficient (Wildman–Crippen LogP) is 3.52. The topological polar surface area (TPSA) is 97.2 Å². The third-order valence-corrected chi connectivity index (χ3v) is 4.79. The van der Waals surface area contributed by atoms with Crippen LogP contribution in [0.5, 0.6) is 0 Å². The number of nitrogens with zero attached hydrogens (tertiary/aromatic N) is 6. The zero-order valence-corrected chi connectivity index (χ0v) is 15.7. The number of hydrogen-bond donors (Lipinski definition) is 2. The van der Waals surface area contributed by atoms with Gasteiger partial charge >= 0.3 is 0 Å². The Hall–Kier alpha value is -4.07. The van der Waals surface area contributed by atoms with Crippen LogP contribution in [0.2, 0.25) is 0 Å². The van der Waals surface area contributed by atoms with Crippen LogP contribution in [0, 0.1) is 6.92 Å². The van der Waals surface area contributed by atoms with Crippen LogP contribution in [-0.2, 0) is 6.54 Å². The van der Waals surface area contributed by atoms with Crippen LogP contribution in [0.15, 0.2) is 67.8 Å². The Morgan fingerprint density at radius 2 is 1.97 bits per heavy atom. The molecule has 142 valence electrons. The normalized spacial score (nSPS) is 11.1. The van der Waals surface area contributed by atoms with Crippen molar-refractivity contribution < 1.29 is 0 Å². The summed E-state index contributed by atoms with van der Waals surface area (Å²) < 4.78 is 1.79. The summed E-state index contributed by atoms with van der Waals surface area (Å²) in [6, 6.07) is 10.1. The average Bonchev–Trinajstić information content (AvgIpc) is 3.44. The number of H-pyrrole nitrogens is 1. The maximum absolute atomic E-state index is 4.70. The molecule has 0 aliphatic heterocycles. The number of nitrogens with one attached hydrogen (secondary N) is 2. The zero-order chi connectivity index (χ0) is 19.6. The molecule has 0 unspecified atom stereocenters. The molecule has 0 aromatic carbocycles. The van der Waals surface area contributed by atoms with E-state index in [9.17, 15) is 0 Å². The molecule has 0 atom stereocenters. The molecule has 0 spiro atoms. The molecule has 0 bridgehead atoms. The zero-order valence-electron chi connectivity index (χ0n) is 15.7. The largest absolute Gasteiger partial charge is 0.366 e. The van der Waals surface area contributed by atoms with Gasteiger partial charge in [-0.1, -0.05) is 6.07 Å². The molecule has 0 saturated heterocycles. The summed E-state index contributed by atoms with van der Waals surface area (Å²) in [5.41, 5.74) is 5.16. The number of fused-ring (bicyclic) bond motifs is 1. The van der Waals surface area contributed by atoms with E-state index in [4.69, 9.17) is 4.98 Å². The van der Waals surface area contributed by atoms with Gasteiger partial charge in [0.1, 0.15) is 29.9 Å². The number of aromatic nitrogens is 7. The second-order valence-electron chi connectivity index (χ2n) is 6.74. The Morgan fingerprint density at radius 3 is 2.76 bits per heavy atom. The number of hydrogen-bond acceptors (Lipinski definition) is 6. The quantitative estimate of drug-likeness (QED) is 0.483. The van der Waals surface area contributed by atoms with Crippen LogP contribution in [-0.4, -0.2) is 34.7 Å². The molecule has 0 aliphatic rings. The van der Waals surface area contributed by atoms with Gasteiger partial charge in [-0.15, -0.1) is 10.2 Å². The maximum atomic E-state index is 4.70. The van der Waals surface area contributed by atoms with Crippen molar-refractivity contribution in [3.8, 4) is 16.9 Å². The smallest absolute Gasteiger partial charge is 0.140 e. The summed E-state index contributed by atoms with van der Waals surface area (Å²) in [5.74, 6) is 1.58. The summed E-state index contributed by atoms with van der Waals surface area (Å²) in [7, 11) is 0. The molecule has 5 aromatic heterocycles. The van der Waals surface area contributed by atoms with Crippen molar-refractivity contribution in [3.05, 3.63) is 78.9 Å². The Bertz CT molecular complexity index is 1260. The molecule has 2 N–H and O–H groups in total. The molecule has 0 amide bonds. The van der Waals surface area contributed by atoms with Gasteiger partial charge in [0.25, 0.3) is 0 Å². The number of anilines is 1. The highest BCUT2D eigenvalue weighted by Crippen LogP contribution is 2.32. The monoisotopic (exact) mass is 382 g/mol. The molecule has 0 fully saturated rings. The number of aromatic amines is 1. The van der Waals surface area contributed by atoms with Crippen molar-refractivity contribution in [1.29, 1.82) is 0 Å². The van der Waals surface area contributed by atoms with E-state index in [1.165, 1.54) is 0 Å². The molecule has 5 rings (SSSR count). The van der Waals surface area contributed by atoms with E-state index >= 15 is 0 Å². The highest BCUT2D eigenvalue weighted by Gasteiger charge is 2.12. The van der Waals surface area contributed by atoms with E-state index in [0.717, 1.165) is 44.9 Å². The van der Waals surface area contributed by atoms with Crippen LogP contribution in [0.4, 0.5) is 5.82 Å². The first-order valence-electron chi connectivity index (χ1n) is 9.21. The molecular formula is C21H18N8. The molecule has 8 nitrogen and oxygen atoms in total. The van der Waals surface area contributed by atoms with E-state index in [1.807, 2.05) is 42.9 Å². The lowest BCUT2D eigenvalue weighted by Crippen LogP contribution is -2.03. The van der Waals surface area contributed by atoms with Crippen molar-refractivity contribution in [2.45, 2.75) is 13.5 Å². The van der Waals surface area contributed by atoms with E-state index in [0.29, 0.717) is 6.54 Å². The van der Waals surface area contributed by atoms with Gasteiger partial charge in [-0.25, -0.2) is 9.97 Å². The van der Waals surface area contributed by atoms with Crippen molar-refractivity contribution in [3.63, 3.8) is 0 Å². The third-order valence-electron chi connectivity index (χ3n) is 4.79. The second-order valence-corrected chi connectivity index (χ2v) is 6.74. The first-order valence-corrected chi connectivity index (χ1v) is 9.21. The van der Waals surface area contributed by atoms with Gasteiger partial charge in [0.2, 0.25) is 0 Å². The molecule has 8 heteroatoms. The van der Waals surface area contributed by atoms with Crippen LogP contribution in [0.1, 0.15) is 11.1 Å². The average molecular weight is 382 g/mol. The van der Waals surface area contributed by atoms with Crippen molar-refractivity contribution in [1.82, 2.24) is 34.7 Å². The predicted molar refractivity (Wildman–Crippen MR) is 111 cm³/mol. The van der Waals surface area contributed by atoms with Gasteiger partial charge in [-0.2, -0.15) is 0 Å². The SMILES string of the molecule is Cc1cc(-n2cnnc2)ncc1-c1cc(NCc2cccnc2)nc2[nH]ccc12. The lowest BCUT2D eigenvalue weighted by Gasteiger charge is -2.12. The summed E-state index contributed by atoms with van der Waals surface area (Å²) in [5, 5.41) is 12.1. The Kier molecular flexibility index (Phi) is 4.21. The number of aryl methyl sites for hydroxylation is 1. The van der Waals surface area contributed by atoms with Gasteiger partial charge in [-0.3, -0.25) is 9.55 Å². The summed E-state index contributed by atoms with van der Waals surface area (Å²) in [6.07, 6.45) is 10.7. The van der Waals surface area contributed by atoms with Crippen LogP contribution < -0.4 is 5.32 Å². The standard InChI is InChI=1S/C21H18N8/c1-14-7-20(29-12-26-27-13-29)25-11-18(14)17-8-19(28-21-16(17)4-6-23-21)24-10-15-3-2-5-22-9-15/h2-9,11-13H,10H2,1H3,(H2,23,24,28). The van der Waals surface area contributed by atoms with E-state index in [2.05, 4.69) is 43.5 Å². The van der Waals surface area contributed by atoms with Crippen molar-refractivity contribution in [2.75, 3.05) is 5.32 Å².